The molecule has 0 unspecified atom stereocenters. The van der Waals surface area contributed by atoms with Crippen molar-refractivity contribution >= 4 is 59.3 Å². The Balaban J connectivity index is 1.43. The summed E-state index contributed by atoms with van der Waals surface area (Å²) in [5.74, 6) is 0.769. The molecule has 0 aliphatic carbocycles. The number of rotatable bonds is 10. The highest BCUT2D eigenvalue weighted by Gasteiger charge is 2.54. The first kappa shape index (κ1) is 39.6. The van der Waals surface area contributed by atoms with E-state index in [9.17, 15) is 9.59 Å². The van der Waals surface area contributed by atoms with Gasteiger partial charge < -0.3 is 17.7 Å². The zero-order valence-corrected chi connectivity index (χ0v) is 36.3. The van der Waals surface area contributed by atoms with Gasteiger partial charge in [0.25, 0.3) is 0 Å². The average molecular weight is 813 g/mol. The van der Waals surface area contributed by atoms with Crippen molar-refractivity contribution in [3.8, 4) is 11.5 Å². The van der Waals surface area contributed by atoms with Gasteiger partial charge in [0, 0.05) is 6.42 Å². The Labute approximate surface area is 347 Å². The van der Waals surface area contributed by atoms with Gasteiger partial charge in [0.2, 0.25) is 0 Å². The van der Waals surface area contributed by atoms with Crippen molar-refractivity contribution in [3.05, 3.63) is 202 Å². The molecule has 8 rings (SSSR count). The number of benzene rings is 6. The highest BCUT2D eigenvalue weighted by Crippen LogP contribution is 2.43. The SMILES string of the molecule is CC(C)(C)[Si](Oc1c(Cc2c(O[Si](c3ccccc3)(c3ccccc3)C(C)(C)C)c3ccccc3oc2=O)c(=O)oc2ccccc12)(c1ccccc1)c1ccccc1. The van der Waals surface area contributed by atoms with Crippen molar-refractivity contribution < 1.29 is 17.7 Å². The van der Waals surface area contributed by atoms with Gasteiger partial charge in [-0.1, -0.05) is 187 Å². The summed E-state index contributed by atoms with van der Waals surface area (Å²) in [7, 11) is -6.62. The molecule has 0 N–H and O–H groups in total. The van der Waals surface area contributed by atoms with E-state index in [1.165, 1.54) is 0 Å². The van der Waals surface area contributed by atoms with Crippen molar-refractivity contribution in [2.24, 2.45) is 0 Å². The number of fused-ring (bicyclic) bond motifs is 2. The molecule has 0 fully saturated rings. The predicted molar refractivity (Wildman–Crippen MR) is 244 cm³/mol. The first-order chi connectivity index (χ1) is 28.3. The number of para-hydroxylation sites is 2. The summed E-state index contributed by atoms with van der Waals surface area (Å²) < 4.78 is 27.6. The van der Waals surface area contributed by atoms with Crippen molar-refractivity contribution in [2.45, 2.75) is 58.0 Å². The lowest BCUT2D eigenvalue weighted by Crippen LogP contribution is -2.69. The minimum absolute atomic E-state index is 0.165. The maximum absolute atomic E-state index is 14.6. The van der Waals surface area contributed by atoms with Gasteiger partial charge in [-0.25, -0.2) is 9.59 Å². The average Bonchev–Trinajstić information content (AvgIpc) is 3.23. The van der Waals surface area contributed by atoms with E-state index in [1.54, 1.807) is 12.1 Å². The van der Waals surface area contributed by atoms with Crippen LogP contribution in [-0.4, -0.2) is 16.6 Å². The van der Waals surface area contributed by atoms with E-state index >= 15 is 0 Å². The van der Waals surface area contributed by atoms with Gasteiger partial charge in [0.05, 0.1) is 21.9 Å². The van der Waals surface area contributed by atoms with Crippen LogP contribution in [0.25, 0.3) is 21.9 Å². The summed E-state index contributed by atoms with van der Waals surface area (Å²) in [6.45, 7) is 13.2. The fourth-order valence-electron chi connectivity index (χ4n) is 8.64. The molecule has 6 aromatic carbocycles. The van der Waals surface area contributed by atoms with Crippen molar-refractivity contribution in [3.63, 3.8) is 0 Å². The molecule has 2 aromatic heterocycles. The summed E-state index contributed by atoms with van der Waals surface area (Å²) in [5, 5.41) is 4.59. The van der Waals surface area contributed by atoms with Crippen molar-refractivity contribution in [1.29, 1.82) is 0 Å². The molecule has 0 radical (unpaired) electrons. The van der Waals surface area contributed by atoms with E-state index in [0.717, 1.165) is 20.7 Å². The zero-order chi connectivity index (χ0) is 41.4. The highest BCUT2D eigenvalue weighted by molar-refractivity contribution is 7.00. The van der Waals surface area contributed by atoms with Gasteiger partial charge in [-0.3, -0.25) is 0 Å². The molecule has 59 heavy (non-hydrogen) atoms. The Hall–Kier alpha value is -6.23. The van der Waals surface area contributed by atoms with Gasteiger partial charge in [-0.15, -0.1) is 0 Å². The Kier molecular flexibility index (Phi) is 10.4. The molecule has 0 aliphatic heterocycles. The second-order valence-electron chi connectivity index (χ2n) is 17.1. The molecule has 0 atom stereocenters. The van der Waals surface area contributed by atoms with Gasteiger partial charge in [-0.05, 0) is 55.1 Å². The lowest BCUT2D eigenvalue weighted by molar-refractivity contribution is 0.478. The molecular weight excluding hydrogens is 765 g/mol. The van der Waals surface area contributed by atoms with Crippen LogP contribution < -0.4 is 40.9 Å². The quantitative estimate of drug-likeness (QED) is 0.101. The smallest absolute Gasteiger partial charge is 0.343 e. The summed E-state index contributed by atoms with van der Waals surface area (Å²) in [4.78, 5) is 29.3. The third-order valence-corrected chi connectivity index (χ3v) is 21.2. The number of hydrogen-bond donors (Lipinski definition) is 0. The molecule has 2 heterocycles. The van der Waals surface area contributed by atoms with Gasteiger partial charge in [-0.2, -0.15) is 0 Å². The highest BCUT2D eigenvalue weighted by atomic mass is 28.4. The Morgan fingerprint density at radius 2 is 0.678 bits per heavy atom. The Morgan fingerprint density at radius 3 is 0.966 bits per heavy atom. The fourth-order valence-corrected chi connectivity index (χ4v) is 17.6. The summed E-state index contributed by atoms with van der Waals surface area (Å²) in [6.07, 6.45) is -0.165. The molecule has 0 bridgehead atoms. The molecule has 0 amide bonds. The van der Waals surface area contributed by atoms with E-state index in [0.29, 0.717) is 33.4 Å². The largest absolute Gasteiger partial charge is 0.533 e. The molecule has 0 saturated carbocycles. The molecule has 6 nitrogen and oxygen atoms in total. The lowest BCUT2D eigenvalue weighted by Gasteiger charge is -2.43. The van der Waals surface area contributed by atoms with Gasteiger partial charge in [0.15, 0.2) is 0 Å². The van der Waals surface area contributed by atoms with Crippen LogP contribution in [-0.2, 0) is 6.42 Å². The molecule has 0 saturated heterocycles. The van der Waals surface area contributed by atoms with Crippen LogP contribution in [0.1, 0.15) is 52.7 Å². The molecule has 8 aromatic rings. The monoisotopic (exact) mass is 812 g/mol. The maximum atomic E-state index is 14.6. The van der Waals surface area contributed by atoms with Crippen LogP contribution in [0.4, 0.5) is 0 Å². The molecule has 0 spiro atoms. The molecule has 8 heteroatoms. The van der Waals surface area contributed by atoms with E-state index < -0.39 is 38.0 Å². The van der Waals surface area contributed by atoms with Crippen LogP contribution >= 0.6 is 0 Å². The van der Waals surface area contributed by atoms with E-state index in [2.05, 4.69) is 90.1 Å². The topological polar surface area (TPSA) is 78.9 Å². The second kappa shape index (κ2) is 15.5. The maximum Gasteiger partial charge on any atom is 0.343 e. The van der Waals surface area contributed by atoms with E-state index in [-0.39, 0.29) is 17.5 Å². The molecule has 0 aliphatic rings. The Morgan fingerprint density at radius 1 is 0.407 bits per heavy atom. The van der Waals surface area contributed by atoms with E-state index in [1.807, 2.05) is 109 Å². The number of hydrogen-bond acceptors (Lipinski definition) is 6. The first-order valence-corrected chi connectivity index (χ1v) is 23.9. The van der Waals surface area contributed by atoms with Crippen molar-refractivity contribution in [1.82, 2.24) is 0 Å². The minimum atomic E-state index is -3.31. The van der Waals surface area contributed by atoms with Crippen LogP contribution in [0.3, 0.4) is 0 Å². The third-order valence-electron chi connectivity index (χ3n) is 11.4. The standard InChI is InChI=1S/C51H48O6Si2/c1-50(2,3)58(36-23-11-7-12-24-36,37-25-13-8-14-26-37)56-46-40-31-19-21-33-44(40)54-48(52)42(46)35-43-47(41-32-20-22-34-45(41)55-49(43)53)57-59(51(4,5)6,38-27-15-9-16-28-38)39-29-17-10-18-30-39/h7-34H,35H2,1-6H3. The summed E-state index contributed by atoms with van der Waals surface area (Å²) >= 11 is 0. The third kappa shape index (κ3) is 6.96. The molecule has 296 valence electrons. The molecular formula is C51H48O6Si2. The zero-order valence-electron chi connectivity index (χ0n) is 34.3. The normalized spacial score (nSPS) is 12.4. The van der Waals surface area contributed by atoms with Gasteiger partial charge in [0.1, 0.15) is 22.7 Å². The minimum Gasteiger partial charge on any atom is -0.533 e. The summed E-state index contributed by atoms with van der Waals surface area (Å²) in [6, 6.07) is 56.1. The summed E-state index contributed by atoms with van der Waals surface area (Å²) in [5.41, 5.74) is 0.0198. The van der Waals surface area contributed by atoms with Crippen LogP contribution in [0, 0.1) is 0 Å². The van der Waals surface area contributed by atoms with Crippen molar-refractivity contribution in [2.75, 3.05) is 0 Å². The van der Waals surface area contributed by atoms with Crippen LogP contribution in [0.15, 0.2) is 188 Å². The fraction of sp³-hybridized carbons (Fsp3) is 0.176. The van der Waals surface area contributed by atoms with Gasteiger partial charge >= 0.3 is 27.9 Å². The predicted octanol–water partition coefficient (Wildman–Crippen LogP) is 9.37. The first-order valence-electron chi connectivity index (χ1n) is 20.0. The van der Waals surface area contributed by atoms with E-state index in [4.69, 9.17) is 17.7 Å². The second-order valence-corrected chi connectivity index (χ2v) is 25.5. The Bertz CT molecular complexity index is 2580. The van der Waals surface area contributed by atoms with Crippen LogP contribution in [0.2, 0.25) is 10.1 Å². The lowest BCUT2D eigenvalue weighted by atomic mass is 10.0. The van der Waals surface area contributed by atoms with Crippen LogP contribution in [0.5, 0.6) is 11.5 Å².